The summed E-state index contributed by atoms with van der Waals surface area (Å²) in [6, 6.07) is 12.4. The Morgan fingerprint density at radius 2 is 1.83 bits per heavy atom. The molecular formula is C15H15NO2. The van der Waals surface area contributed by atoms with E-state index in [-0.39, 0.29) is 11.7 Å². The van der Waals surface area contributed by atoms with E-state index >= 15 is 0 Å². The average molecular weight is 241 g/mol. The molecule has 92 valence electrons. The monoisotopic (exact) mass is 241 g/mol. The third-order valence-electron chi connectivity index (χ3n) is 2.79. The fraction of sp³-hybridized carbons (Fsp3) is 0.133. The maximum atomic E-state index is 12.1. The molecule has 0 saturated carbocycles. The topological polar surface area (TPSA) is 49.3 Å². The minimum absolute atomic E-state index is 0.0718. The van der Waals surface area contributed by atoms with E-state index in [2.05, 4.69) is 5.32 Å². The molecule has 0 saturated heterocycles. The van der Waals surface area contributed by atoms with Crippen LogP contribution in [-0.4, -0.2) is 11.0 Å². The van der Waals surface area contributed by atoms with Gasteiger partial charge >= 0.3 is 0 Å². The highest BCUT2D eigenvalue weighted by atomic mass is 16.3. The van der Waals surface area contributed by atoms with Gasteiger partial charge in [0.05, 0.1) is 5.69 Å². The van der Waals surface area contributed by atoms with Crippen molar-refractivity contribution in [3.63, 3.8) is 0 Å². The van der Waals surface area contributed by atoms with Crippen LogP contribution in [0.25, 0.3) is 0 Å². The molecule has 0 unspecified atom stereocenters. The molecular weight excluding hydrogens is 226 g/mol. The van der Waals surface area contributed by atoms with E-state index in [9.17, 15) is 9.90 Å². The molecule has 0 fully saturated rings. The maximum Gasteiger partial charge on any atom is 0.256 e. The number of aromatic hydroxyl groups is 1. The molecule has 0 radical (unpaired) electrons. The molecule has 18 heavy (non-hydrogen) atoms. The molecule has 2 N–H and O–H groups in total. The van der Waals surface area contributed by atoms with E-state index in [1.165, 1.54) is 0 Å². The van der Waals surface area contributed by atoms with Crippen molar-refractivity contribution in [2.45, 2.75) is 13.8 Å². The molecule has 0 aliphatic rings. The van der Waals surface area contributed by atoms with E-state index < -0.39 is 0 Å². The molecule has 0 atom stereocenters. The first-order valence-electron chi connectivity index (χ1n) is 5.74. The van der Waals surface area contributed by atoms with Crippen LogP contribution in [0.3, 0.4) is 0 Å². The average Bonchev–Trinajstić information content (AvgIpc) is 2.34. The molecule has 0 aliphatic heterocycles. The normalized spacial score (nSPS) is 10.1. The summed E-state index contributed by atoms with van der Waals surface area (Å²) in [6.07, 6.45) is 0. The molecule has 1 amide bonds. The van der Waals surface area contributed by atoms with Gasteiger partial charge in [-0.2, -0.15) is 0 Å². The summed E-state index contributed by atoms with van der Waals surface area (Å²) in [6.45, 7) is 3.79. The number of hydrogen-bond donors (Lipinski definition) is 2. The van der Waals surface area contributed by atoms with Crippen LogP contribution in [0.2, 0.25) is 0 Å². The van der Waals surface area contributed by atoms with Crippen molar-refractivity contribution >= 4 is 11.6 Å². The predicted molar refractivity (Wildman–Crippen MR) is 72.0 cm³/mol. The van der Waals surface area contributed by atoms with Gasteiger partial charge in [-0.3, -0.25) is 4.79 Å². The van der Waals surface area contributed by atoms with Gasteiger partial charge in [-0.1, -0.05) is 24.3 Å². The quantitative estimate of drug-likeness (QED) is 0.793. The number of carbonyl (C=O) groups excluding carboxylic acids is 1. The number of hydrogen-bond acceptors (Lipinski definition) is 2. The van der Waals surface area contributed by atoms with E-state index in [0.29, 0.717) is 11.3 Å². The van der Waals surface area contributed by atoms with Gasteiger partial charge in [-0.15, -0.1) is 0 Å². The molecule has 2 aromatic rings. The van der Waals surface area contributed by atoms with Crippen molar-refractivity contribution in [2.24, 2.45) is 0 Å². The van der Waals surface area contributed by atoms with Crippen LogP contribution >= 0.6 is 0 Å². The van der Waals surface area contributed by atoms with Gasteiger partial charge in [0.15, 0.2) is 0 Å². The fourth-order valence-corrected chi connectivity index (χ4v) is 1.77. The SMILES string of the molecule is Cc1ccc(O)c(NC(=O)c2ccccc2C)c1. The second kappa shape index (κ2) is 4.92. The molecule has 0 heterocycles. The van der Waals surface area contributed by atoms with Crippen LogP contribution in [-0.2, 0) is 0 Å². The highest BCUT2D eigenvalue weighted by Gasteiger charge is 2.10. The molecule has 0 aromatic heterocycles. The number of amides is 1. The van der Waals surface area contributed by atoms with Crippen LogP contribution in [0, 0.1) is 13.8 Å². The van der Waals surface area contributed by atoms with Crippen LogP contribution < -0.4 is 5.32 Å². The van der Waals surface area contributed by atoms with Gasteiger partial charge in [-0.05, 0) is 43.2 Å². The maximum absolute atomic E-state index is 12.1. The zero-order chi connectivity index (χ0) is 13.1. The predicted octanol–water partition coefficient (Wildman–Crippen LogP) is 3.26. The number of rotatable bonds is 2. The molecule has 3 heteroatoms. The lowest BCUT2D eigenvalue weighted by Crippen LogP contribution is -2.13. The van der Waals surface area contributed by atoms with Gasteiger partial charge in [-0.25, -0.2) is 0 Å². The van der Waals surface area contributed by atoms with Crippen molar-refractivity contribution in [1.82, 2.24) is 0 Å². The zero-order valence-electron chi connectivity index (χ0n) is 10.4. The second-order valence-corrected chi connectivity index (χ2v) is 4.29. The minimum Gasteiger partial charge on any atom is -0.506 e. The number of nitrogens with one attached hydrogen (secondary N) is 1. The highest BCUT2D eigenvalue weighted by molar-refractivity contribution is 6.05. The van der Waals surface area contributed by atoms with Gasteiger partial charge in [0.25, 0.3) is 5.91 Å². The Bertz CT molecular complexity index is 591. The number of anilines is 1. The summed E-state index contributed by atoms with van der Waals surface area (Å²) >= 11 is 0. The smallest absolute Gasteiger partial charge is 0.256 e. The van der Waals surface area contributed by atoms with Crippen LogP contribution in [0.4, 0.5) is 5.69 Å². The van der Waals surface area contributed by atoms with Crippen molar-refractivity contribution in [3.05, 3.63) is 59.2 Å². The Morgan fingerprint density at radius 1 is 1.11 bits per heavy atom. The van der Waals surface area contributed by atoms with Crippen LogP contribution in [0.15, 0.2) is 42.5 Å². The van der Waals surface area contributed by atoms with Gasteiger partial charge in [0, 0.05) is 5.56 Å². The second-order valence-electron chi connectivity index (χ2n) is 4.29. The van der Waals surface area contributed by atoms with E-state index in [1.54, 1.807) is 24.3 Å². The number of benzene rings is 2. The lowest BCUT2D eigenvalue weighted by molar-refractivity contribution is 0.102. The molecule has 2 rings (SSSR count). The van der Waals surface area contributed by atoms with E-state index in [0.717, 1.165) is 11.1 Å². The standard InChI is InChI=1S/C15H15NO2/c1-10-7-8-14(17)13(9-10)16-15(18)12-6-4-3-5-11(12)2/h3-9,17H,1-2H3,(H,16,18). The number of carbonyl (C=O) groups is 1. The van der Waals surface area contributed by atoms with Gasteiger partial charge in [0.2, 0.25) is 0 Å². The molecule has 0 bridgehead atoms. The largest absolute Gasteiger partial charge is 0.506 e. The molecule has 2 aromatic carbocycles. The Morgan fingerprint density at radius 3 is 2.56 bits per heavy atom. The lowest BCUT2D eigenvalue weighted by Gasteiger charge is -2.09. The number of phenols is 1. The molecule has 0 spiro atoms. The molecule has 0 aliphatic carbocycles. The highest BCUT2D eigenvalue weighted by Crippen LogP contribution is 2.24. The number of phenolic OH excluding ortho intramolecular Hbond substituents is 1. The van der Waals surface area contributed by atoms with Crippen LogP contribution in [0.5, 0.6) is 5.75 Å². The molecule has 3 nitrogen and oxygen atoms in total. The minimum atomic E-state index is -0.214. The first-order valence-corrected chi connectivity index (χ1v) is 5.74. The van der Waals surface area contributed by atoms with Crippen molar-refractivity contribution in [3.8, 4) is 5.75 Å². The van der Waals surface area contributed by atoms with Gasteiger partial charge in [0.1, 0.15) is 5.75 Å². The van der Waals surface area contributed by atoms with Gasteiger partial charge < -0.3 is 10.4 Å². The first kappa shape index (κ1) is 12.2. The summed E-state index contributed by atoms with van der Waals surface area (Å²) in [5.74, 6) is -0.142. The summed E-state index contributed by atoms with van der Waals surface area (Å²) in [7, 11) is 0. The fourth-order valence-electron chi connectivity index (χ4n) is 1.77. The third-order valence-corrected chi connectivity index (χ3v) is 2.79. The van der Waals surface area contributed by atoms with E-state index in [4.69, 9.17) is 0 Å². The zero-order valence-corrected chi connectivity index (χ0v) is 10.4. The first-order chi connectivity index (χ1) is 8.58. The Hall–Kier alpha value is -2.29. The van der Waals surface area contributed by atoms with E-state index in [1.807, 2.05) is 32.0 Å². The van der Waals surface area contributed by atoms with Crippen molar-refractivity contribution in [1.29, 1.82) is 0 Å². The Balaban J connectivity index is 2.27. The van der Waals surface area contributed by atoms with Crippen molar-refractivity contribution < 1.29 is 9.90 Å². The van der Waals surface area contributed by atoms with Crippen LogP contribution in [0.1, 0.15) is 21.5 Å². The third kappa shape index (κ3) is 2.51. The summed E-state index contributed by atoms with van der Waals surface area (Å²) < 4.78 is 0. The summed E-state index contributed by atoms with van der Waals surface area (Å²) in [5.41, 5.74) is 2.93. The Kier molecular flexibility index (Phi) is 3.33. The number of aryl methyl sites for hydroxylation is 2. The summed E-state index contributed by atoms with van der Waals surface area (Å²) in [4.78, 5) is 12.1. The Labute approximate surface area is 106 Å². The lowest BCUT2D eigenvalue weighted by atomic mass is 10.1. The van der Waals surface area contributed by atoms with Crippen molar-refractivity contribution in [2.75, 3.05) is 5.32 Å². The summed E-state index contributed by atoms with van der Waals surface area (Å²) in [5, 5.41) is 12.4.